The van der Waals surface area contributed by atoms with E-state index >= 15 is 0 Å². The minimum Gasteiger partial charge on any atom is -0.481 e. The summed E-state index contributed by atoms with van der Waals surface area (Å²) in [6.45, 7) is 9.70. The summed E-state index contributed by atoms with van der Waals surface area (Å²) in [5, 5.41) is 11.6. The van der Waals surface area contributed by atoms with Crippen molar-refractivity contribution in [2.45, 2.75) is 39.3 Å². The van der Waals surface area contributed by atoms with Crippen LogP contribution < -0.4 is 5.32 Å². The monoisotopic (exact) mass is 271 g/mol. The van der Waals surface area contributed by atoms with Crippen molar-refractivity contribution < 1.29 is 14.7 Å². The quantitative estimate of drug-likeness (QED) is 0.711. The standard InChI is InChI=1S/C13H25N3O3/c1-10(2)14-13(19)11(3)16-8-6-15(7-9-16)5-4-12(17)18/h10-11H,4-9H2,1-3H3,(H,14,19)(H,17,18). The molecule has 1 aliphatic rings. The maximum atomic E-state index is 11.9. The van der Waals surface area contributed by atoms with Crippen LogP contribution in [0.1, 0.15) is 27.2 Å². The van der Waals surface area contributed by atoms with Gasteiger partial charge in [0.1, 0.15) is 0 Å². The molecule has 0 saturated carbocycles. The predicted octanol–water partition coefficient (Wildman–Crippen LogP) is -0.00820. The number of carbonyl (C=O) groups is 2. The molecular formula is C13H25N3O3. The molecule has 0 aromatic rings. The van der Waals surface area contributed by atoms with Crippen LogP contribution in [0.5, 0.6) is 0 Å². The zero-order chi connectivity index (χ0) is 14.4. The van der Waals surface area contributed by atoms with E-state index in [1.165, 1.54) is 0 Å². The number of aliphatic carboxylic acids is 1. The van der Waals surface area contributed by atoms with Gasteiger partial charge < -0.3 is 15.3 Å². The maximum Gasteiger partial charge on any atom is 0.304 e. The molecule has 1 aliphatic heterocycles. The Bertz CT molecular complexity index is 312. The Hall–Kier alpha value is -1.14. The van der Waals surface area contributed by atoms with Crippen LogP contribution in [0.4, 0.5) is 0 Å². The fourth-order valence-electron chi connectivity index (χ4n) is 2.20. The average Bonchev–Trinajstić information content (AvgIpc) is 2.35. The van der Waals surface area contributed by atoms with Gasteiger partial charge in [0, 0.05) is 38.8 Å². The average molecular weight is 271 g/mol. The summed E-state index contributed by atoms with van der Waals surface area (Å²) >= 11 is 0. The molecule has 0 aliphatic carbocycles. The first-order valence-corrected chi connectivity index (χ1v) is 6.88. The number of carboxylic acids is 1. The molecule has 1 fully saturated rings. The number of rotatable bonds is 6. The van der Waals surface area contributed by atoms with Crippen molar-refractivity contribution in [3.05, 3.63) is 0 Å². The first kappa shape index (κ1) is 15.9. The number of carboxylic acid groups (broad SMARTS) is 1. The lowest BCUT2D eigenvalue weighted by molar-refractivity contribution is -0.137. The van der Waals surface area contributed by atoms with Crippen molar-refractivity contribution >= 4 is 11.9 Å². The summed E-state index contributed by atoms with van der Waals surface area (Å²) in [4.78, 5) is 26.7. The second kappa shape index (κ2) is 7.45. The molecule has 19 heavy (non-hydrogen) atoms. The summed E-state index contributed by atoms with van der Waals surface area (Å²) in [7, 11) is 0. The summed E-state index contributed by atoms with van der Waals surface area (Å²) < 4.78 is 0. The maximum absolute atomic E-state index is 11.9. The van der Waals surface area contributed by atoms with E-state index in [1.807, 2.05) is 20.8 Å². The minimum atomic E-state index is -0.757. The molecule has 0 aromatic carbocycles. The van der Waals surface area contributed by atoms with Gasteiger partial charge in [-0.2, -0.15) is 0 Å². The van der Waals surface area contributed by atoms with Gasteiger partial charge >= 0.3 is 5.97 Å². The van der Waals surface area contributed by atoms with Gasteiger partial charge in [0.2, 0.25) is 5.91 Å². The predicted molar refractivity (Wildman–Crippen MR) is 73.0 cm³/mol. The minimum absolute atomic E-state index is 0.0639. The number of nitrogens with zero attached hydrogens (tertiary/aromatic N) is 2. The lowest BCUT2D eigenvalue weighted by Crippen LogP contribution is -2.54. The van der Waals surface area contributed by atoms with E-state index in [2.05, 4.69) is 15.1 Å². The van der Waals surface area contributed by atoms with Gasteiger partial charge in [0.25, 0.3) is 0 Å². The Labute approximate surface area is 114 Å². The van der Waals surface area contributed by atoms with E-state index in [4.69, 9.17) is 5.11 Å². The fraction of sp³-hybridized carbons (Fsp3) is 0.846. The van der Waals surface area contributed by atoms with Crippen LogP contribution in [0.25, 0.3) is 0 Å². The molecule has 1 unspecified atom stereocenters. The van der Waals surface area contributed by atoms with Gasteiger partial charge in [-0.3, -0.25) is 14.5 Å². The molecule has 6 nitrogen and oxygen atoms in total. The highest BCUT2D eigenvalue weighted by atomic mass is 16.4. The van der Waals surface area contributed by atoms with Crippen LogP contribution in [-0.4, -0.2) is 71.6 Å². The zero-order valence-electron chi connectivity index (χ0n) is 12.1. The van der Waals surface area contributed by atoms with Gasteiger partial charge in [-0.1, -0.05) is 0 Å². The molecular weight excluding hydrogens is 246 g/mol. The molecule has 1 rings (SSSR count). The number of hydrogen-bond donors (Lipinski definition) is 2. The largest absolute Gasteiger partial charge is 0.481 e. The Morgan fingerprint density at radius 2 is 1.74 bits per heavy atom. The second-order valence-electron chi connectivity index (χ2n) is 5.36. The SMILES string of the molecule is CC(C)NC(=O)C(C)N1CCN(CCC(=O)O)CC1. The van der Waals surface area contributed by atoms with Crippen LogP contribution in [-0.2, 0) is 9.59 Å². The van der Waals surface area contributed by atoms with Crippen molar-refractivity contribution in [1.29, 1.82) is 0 Å². The summed E-state index contributed by atoms with van der Waals surface area (Å²) in [5.74, 6) is -0.693. The zero-order valence-corrected chi connectivity index (χ0v) is 12.1. The van der Waals surface area contributed by atoms with Gasteiger partial charge in [0.05, 0.1) is 12.5 Å². The molecule has 1 saturated heterocycles. The first-order valence-electron chi connectivity index (χ1n) is 6.88. The molecule has 0 aromatic heterocycles. The van der Waals surface area contributed by atoms with Gasteiger partial charge in [-0.15, -0.1) is 0 Å². The van der Waals surface area contributed by atoms with Crippen molar-refractivity contribution in [2.24, 2.45) is 0 Å². The normalized spacial score (nSPS) is 19.4. The van der Waals surface area contributed by atoms with Crippen molar-refractivity contribution in [1.82, 2.24) is 15.1 Å². The Kier molecular flexibility index (Phi) is 6.24. The summed E-state index contributed by atoms with van der Waals surface area (Å²) in [6, 6.07) is 0.0378. The van der Waals surface area contributed by atoms with E-state index in [0.29, 0.717) is 6.54 Å². The van der Waals surface area contributed by atoms with Crippen LogP contribution in [0.3, 0.4) is 0 Å². The van der Waals surface area contributed by atoms with Crippen LogP contribution >= 0.6 is 0 Å². The lowest BCUT2D eigenvalue weighted by atomic mass is 10.2. The molecule has 1 amide bonds. The van der Waals surface area contributed by atoms with Crippen LogP contribution in [0.2, 0.25) is 0 Å². The highest BCUT2D eigenvalue weighted by Crippen LogP contribution is 2.07. The van der Waals surface area contributed by atoms with Crippen LogP contribution in [0.15, 0.2) is 0 Å². The third-order valence-corrected chi connectivity index (χ3v) is 3.41. The number of nitrogens with one attached hydrogen (secondary N) is 1. The Balaban J connectivity index is 2.32. The number of hydrogen-bond acceptors (Lipinski definition) is 4. The van der Waals surface area contributed by atoms with E-state index in [1.54, 1.807) is 0 Å². The van der Waals surface area contributed by atoms with Crippen molar-refractivity contribution in [2.75, 3.05) is 32.7 Å². The summed E-state index contributed by atoms with van der Waals surface area (Å²) in [5.41, 5.74) is 0. The summed E-state index contributed by atoms with van der Waals surface area (Å²) in [6.07, 6.45) is 0.184. The van der Waals surface area contributed by atoms with E-state index in [0.717, 1.165) is 26.2 Å². The number of amides is 1. The van der Waals surface area contributed by atoms with E-state index < -0.39 is 5.97 Å². The van der Waals surface area contributed by atoms with Gasteiger partial charge in [-0.05, 0) is 20.8 Å². The number of piperazine rings is 1. The Morgan fingerprint density at radius 1 is 1.16 bits per heavy atom. The molecule has 2 N–H and O–H groups in total. The number of carbonyl (C=O) groups excluding carboxylic acids is 1. The van der Waals surface area contributed by atoms with Gasteiger partial charge in [-0.25, -0.2) is 0 Å². The highest BCUT2D eigenvalue weighted by Gasteiger charge is 2.25. The molecule has 6 heteroatoms. The molecule has 0 bridgehead atoms. The Morgan fingerprint density at radius 3 is 2.21 bits per heavy atom. The second-order valence-corrected chi connectivity index (χ2v) is 5.36. The molecule has 0 spiro atoms. The molecule has 1 heterocycles. The van der Waals surface area contributed by atoms with Crippen LogP contribution in [0, 0.1) is 0 Å². The van der Waals surface area contributed by atoms with Gasteiger partial charge in [0.15, 0.2) is 0 Å². The van der Waals surface area contributed by atoms with Crippen molar-refractivity contribution in [3.8, 4) is 0 Å². The third kappa shape index (κ3) is 5.57. The van der Waals surface area contributed by atoms with E-state index in [-0.39, 0.29) is 24.4 Å². The lowest BCUT2D eigenvalue weighted by Gasteiger charge is -2.37. The molecule has 1 atom stereocenters. The smallest absolute Gasteiger partial charge is 0.304 e. The fourth-order valence-corrected chi connectivity index (χ4v) is 2.20. The first-order chi connectivity index (χ1) is 8.90. The molecule has 110 valence electrons. The highest BCUT2D eigenvalue weighted by molar-refractivity contribution is 5.81. The van der Waals surface area contributed by atoms with Crippen molar-refractivity contribution in [3.63, 3.8) is 0 Å². The molecule has 0 radical (unpaired) electrons. The van der Waals surface area contributed by atoms with E-state index in [9.17, 15) is 9.59 Å². The topological polar surface area (TPSA) is 72.9 Å². The third-order valence-electron chi connectivity index (χ3n) is 3.41.